The van der Waals surface area contributed by atoms with Crippen molar-refractivity contribution in [3.8, 4) is 0 Å². The number of hydrogen-bond donors (Lipinski definition) is 0. The molecule has 0 saturated carbocycles. The highest BCUT2D eigenvalue weighted by atomic mass is 19.1. The van der Waals surface area contributed by atoms with Gasteiger partial charge < -0.3 is 4.90 Å². The van der Waals surface area contributed by atoms with E-state index in [9.17, 15) is 9.18 Å². The Morgan fingerprint density at radius 1 is 1.13 bits per heavy atom. The molecule has 2 amide bonds. The van der Waals surface area contributed by atoms with Crippen molar-refractivity contribution in [2.75, 3.05) is 25.5 Å². The Morgan fingerprint density at radius 2 is 1.87 bits per heavy atom. The van der Waals surface area contributed by atoms with Crippen molar-refractivity contribution in [1.29, 1.82) is 0 Å². The fourth-order valence-corrected chi connectivity index (χ4v) is 2.81. The quantitative estimate of drug-likeness (QED) is 0.768. The van der Waals surface area contributed by atoms with Crippen molar-refractivity contribution in [2.45, 2.75) is 6.42 Å². The number of amides is 2. The molecule has 118 valence electrons. The van der Waals surface area contributed by atoms with Gasteiger partial charge in [0.25, 0.3) is 0 Å². The highest BCUT2D eigenvalue weighted by Gasteiger charge is 2.27. The first-order chi connectivity index (χ1) is 11.1. The highest BCUT2D eigenvalue weighted by molar-refractivity contribution is 5.97. The average Bonchev–Trinajstić information content (AvgIpc) is 2.98. The molecule has 0 aromatic heterocycles. The predicted octanol–water partition coefficient (Wildman–Crippen LogP) is 4.04. The van der Waals surface area contributed by atoms with Gasteiger partial charge in [-0.25, -0.2) is 9.18 Å². The van der Waals surface area contributed by atoms with E-state index >= 15 is 0 Å². The fraction of sp³-hybridized carbons (Fsp3) is 0.211. The summed E-state index contributed by atoms with van der Waals surface area (Å²) < 4.78 is 13.0. The minimum absolute atomic E-state index is 0.00798. The monoisotopic (exact) mass is 310 g/mol. The van der Waals surface area contributed by atoms with Crippen molar-refractivity contribution in [3.63, 3.8) is 0 Å². The van der Waals surface area contributed by atoms with E-state index in [0.717, 1.165) is 23.2 Å². The van der Waals surface area contributed by atoms with Crippen LogP contribution in [0.5, 0.6) is 0 Å². The molecule has 1 aliphatic heterocycles. The number of carbonyl (C=O) groups excluding carboxylic acids is 1. The van der Waals surface area contributed by atoms with Gasteiger partial charge in [-0.15, -0.1) is 0 Å². The lowest BCUT2D eigenvalue weighted by atomic mass is 10.1. The maximum Gasteiger partial charge on any atom is 0.323 e. The number of rotatable bonds is 2. The number of anilines is 1. The number of benzene rings is 2. The third-order valence-electron chi connectivity index (χ3n) is 3.96. The second-order valence-corrected chi connectivity index (χ2v) is 5.82. The molecule has 2 aromatic carbocycles. The van der Waals surface area contributed by atoms with Crippen molar-refractivity contribution < 1.29 is 9.18 Å². The summed E-state index contributed by atoms with van der Waals surface area (Å²) in [4.78, 5) is 15.8. The molecule has 0 N–H and O–H groups in total. The van der Waals surface area contributed by atoms with Crippen molar-refractivity contribution in [1.82, 2.24) is 4.90 Å². The van der Waals surface area contributed by atoms with E-state index in [-0.39, 0.29) is 11.8 Å². The molecule has 1 heterocycles. The first kappa shape index (κ1) is 15.3. The first-order valence-corrected chi connectivity index (χ1v) is 7.60. The zero-order chi connectivity index (χ0) is 16.4. The molecule has 0 fully saturated rings. The standard InChI is InChI=1S/C19H19FN2O/c1-21(2)19(23)22-13-12-16-5-3-4-15(18(16)22)9-6-14-7-10-17(20)11-8-14/h3-11H,12-13H2,1-2H3/b9-6+. The lowest BCUT2D eigenvalue weighted by molar-refractivity contribution is 0.224. The van der Waals surface area contributed by atoms with Crippen LogP contribution in [-0.2, 0) is 6.42 Å². The summed E-state index contributed by atoms with van der Waals surface area (Å²) in [6.45, 7) is 0.702. The van der Waals surface area contributed by atoms with Crippen LogP contribution in [-0.4, -0.2) is 31.6 Å². The van der Waals surface area contributed by atoms with E-state index in [1.807, 2.05) is 29.2 Å². The van der Waals surface area contributed by atoms with Crippen molar-refractivity contribution >= 4 is 23.9 Å². The zero-order valence-electron chi connectivity index (χ0n) is 13.3. The fourth-order valence-electron chi connectivity index (χ4n) is 2.81. The van der Waals surface area contributed by atoms with Crippen LogP contribution in [0.1, 0.15) is 16.7 Å². The lowest BCUT2D eigenvalue weighted by Crippen LogP contribution is -2.38. The van der Waals surface area contributed by atoms with E-state index in [4.69, 9.17) is 0 Å². The summed E-state index contributed by atoms with van der Waals surface area (Å²) in [5.74, 6) is -0.245. The zero-order valence-corrected chi connectivity index (χ0v) is 13.3. The highest BCUT2D eigenvalue weighted by Crippen LogP contribution is 2.33. The Bertz CT molecular complexity index is 750. The maximum atomic E-state index is 13.0. The van der Waals surface area contributed by atoms with E-state index in [2.05, 4.69) is 6.07 Å². The Balaban J connectivity index is 1.94. The molecule has 1 aliphatic rings. The van der Waals surface area contributed by atoms with Gasteiger partial charge in [0, 0.05) is 20.6 Å². The normalized spacial score (nSPS) is 13.4. The van der Waals surface area contributed by atoms with Gasteiger partial charge in [-0.3, -0.25) is 4.90 Å². The molecule has 2 aromatic rings. The molecule has 0 unspecified atom stereocenters. The third kappa shape index (κ3) is 3.11. The summed E-state index contributed by atoms with van der Waals surface area (Å²) in [7, 11) is 3.52. The van der Waals surface area contributed by atoms with Gasteiger partial charge in [0.05, 0.1) is 5.69 Å². The molecule has 0 saturated heterocycles. The molecular formula is C19H19FN2O. The maximum absolute atomic E-state index is 13.0. The Morgan fingerprint density at radius 3 is 2.57 bits per heavy atom. The van der Waals surface area contributed by atoms with E-state index in [0.29, 0.717) is 6.54 Å². The summed E-state index contributed by atoms with van der Waals surface area (Å²) >= 11 is 0. The predicted molar refractivity (Wildman–Crippen MR) is 91.9 cm³/mol. The molecule has 0 atom stereocenters. The first-order valence-electron chi connectivity index (χ1n) is 7.60. The topological polar surface area (TPSA) is 23.6 Å². The van der Waals surface area contributed by atoms with E-state index in [1.54, 1.807) is 31.1 Å². The number of para-hydroxylation sites is 1. The van der Waals surface area contributed by atoms with Gasteiger partial charge in [0.1, 0.15) is 5.82 Å². The van der Waals surface area contributed by atoms with E-state index in [1.165, 1.54) is 17.7 Å². The average molecular weight is 310 g/mol. The molecule has 0 radical (unpaired) electrons. The van der Waals surface area contributed by atoms with Crippen LogP contribution in [0.2, 0.25) is 0 Å². The molecular weight excluding hydrogens is 291 g/mol. The van der Waals surface area contributed by atoms with Crippen molar-refractivity contribution in [3.05, 3.63) is 65.0 Å². The minimum atomic E-state index is -0.245. The lowest BCUT2D eigenvalue weighted by Gasteiger charge is -2.23. The van der Waals surface area contributed by atoms with Gasteiger partial charge in [0.15, 0.2) is 0 Å². The summed E-state index contributed by atoms with van der Waals surface area (Å²) in [5.41, 5.74) is 4.08. The number of hydrogen-bond acceptors (Lipinski definition) is 1. The van der Waals surface area contributed by atoms with Crippen LogP contribution in [0, 0.1) is 5.82 Å². The largest absolute Gasteiger partial charge is 0.330 e. The number of halogens is 1. The van der Waals surface area contributed by atoms with Gasteiger partial charge in [-0.2, -0.15) is 0 Å². The molecule has 0 aliphatic carbocycles. The Labute approximate surface area is 135 Å². The molecule has 0 spiro atoms. The van der Waals surface area contributed by atoms with Gasteiger partial charge in [-0.05, 0) is 35.2 Å². The Hall–Kier alpha value is -2.62. The smallest absolute Gasteiger partial charge is 0.323 e. The van der Waals surface area contributed by atoms with Crippen molar-refractivity contribution in [2.24, 2.45) is 0 Å². The van der Waals surface area contributed by atoms with E-state index < -0.39 is 0 Å². The Kier molecular flexibility index (Phi) is 4.15. The summed E-state index contributed by atoms with van der Waals surface area (Å²) in [6.07, 6.45) is 4.78. The minimum Gasteiger partial charge on any atom is -0.330 e. The molecule has 3 rings (SSSR count). The van der Waals surface area contributed by atoms with Gasteiger partial charge >= 0.3 is 6.03 Å². The van der Waals surface area contributed by atoms with Gasteiger partial charge in [0.2, 0.25) is 0 Å². The third-order valence-corrected chi connectivity index (χ3v) is 3.96. The summed E-state index contributed by atoms with van der Waals surface area (Å²) in [6, 6.07) is 12.4. The van der Waals surface area contributed by atoms with Crippen LogP contribution < -0.4 is 4.90 Å². The molecule has 0 bridgehead atoms. The van der Waals surface area contributed by atoms with Crippen LogP contribution in [0.4, 0.5) is 14.9 Å². The number of nitrogens with zero attached hydrogens (tertiary/aromatic N) is 2. The van der Waals surface area contributed by atoms with Gasteiger partial charge in [-0.1, -0.05) is 42.5 Å². The van der Waals surface area contributed by atoms with Crippen LogP contribution in [0.15, 0.2) is 42.5 Å². The molecule has 3 nitrogen and oxygen atoms in total. The van der Waals surface area contributed by atoms with Crippen LogP contribution in [0.25, 0.3) is 12.2 Å². The summed E-state index contributed by atoms with van der Waals surface area (Å²) in [5, 5.41) is 0. The number of carbonyl (C=O) groups is 1. The second kappa shape index (κ2) is 6.24. The number of urea groups is 1. The van der Waals surface area contributed by atoms with Crippen LogP contribution >= 0.6 is 0 Å². The molecule has 23 heavy (non-hydrogen) atoms. The number of fused-ring (bicyclic) bond motifs is 1. The SMILES string of the molecule is CN(C)C(=O)N1CCc2cccc(/C=C/c3ccc(F)cc3)c21. The second-order valence-electron chi connectivity index (χ2n) is 5.82. The van der Waals surface area contributed by atoms with Crippen LogP contribution in [0.3, 0.4) is 0 Å². The molecule has 4 heteroatoms.